The molecule has 2 heterocycles. The maximum atomic E-state index is 12.8. The molecule has 4 rings (SSSR count). The fourth-order valence-corrected chi connectivity index (χ4v) is 5.58. The topological polar surface area (TPSA) is 78.8 Å². The van der Waals surface area contributed by atoms with Crippen LogP contribution in [0.2, 0.25) is 0 Å². The van der Waals surface area contributed by atoms with E-state index in [-0.39, 0.29) is 16.7 Å². The van der Waals surface area contributed by atoms with Crippen molar-refractivity contribution in [3.05, 3.63) is 60.2 Å². The molecule has 0 bridgehead atoms. The van der Waals surface area contributed by atoms with Gasteiger partial charge in [0.25, 0.3) is 10.0 Å². The van der Waals surface area contributed by atoms with Gasteiger partial charge in [0.2, 0.25) is 5.91 Å². The fourth-order valence-electron chi connectivity index (χ4n) is 4.42. The summed E-state index contributed by atoms with van der Waals surface area (Å²) in [5, 5.41) is 3.11. The van der Waals surface area contributed by atoms with Gasteiger partial charge in [-0.05, 0) is 48.8 Å². The number of hydrogen-bond acceptors (Lipinski definition) is 4. The second-order valence-corrected chi connectivity index (χ2v) is 10.2. The summed E-state index contributed by atoms with van der Waals surface area (Å²) in [5.41, 5.74) is 1.91. The molecule has 2 aromatic rings. The molecule has 1 saturated heterocycles. The predicted molar refractivity (Wildman–Crippen MR) is 123 cm³/mol. The number of rotatable bonds is 6. The summed E-state index contributed by atoms with van der Waals surface area (Å²) in [4.78, 5) is 14.9. The van der Waals surface area contributed by atoms with Crippen LogP contribution in [-0.4, -0.2) is 38.2 Å². The van der Waals surface area contributed by atoms with Crippen molar-refractivity contribution in [3.63, 3.8) is 0 Å². The number of sulfonamides is 1. The van der Waals surface area contributed by atoms with Gasteiger partial charge in [0.15, 0.2) is 0 Å². The van der Waals surface area contributed by atoms with Crippen molar-refractivity contribution in [2.45, 2.75) is 43.9 Å². The Bertz CT molecular complexity index is 1060. The summed E-state index contributed by atoms with van der Waals surface area (Å²) in [7, 11) is -3.69. The lowest BCUT2D eigenvalue weighted by Crippen LogP contribution is -2.39. The van der Waals surface area contributed by atoms with Gasteiger partial charge in [0.05, 0.1) is 5.69 Å². The normalized spacial score (nSPS) is 19.1. The second-order valence-electron chi connectivity index (χ2n) is 8.66. The number of anilines is 1. The molecule has 164 valence electrons. The fraction of sp³-hybridized carbons (Fsp3) is 0.417. The third-order valence-corrected chi connectivity index (χ3v) is 7.45. The summed E-state index contributed by atoms with van der Waals surface area (Å²) in [6.45, 7) is 3.56. The van der Waals surface area contributed by atoms with Gasteiger partial charge in [0.1, 0.15) is 10.7 Å². The van der Waals surface area contributed by atoms with Crippen LogP contribution in [0.25, 0.3) is 0 Å². The van der Waals surface area contributed by atoms with Crippen LogP contribution >= 0.6 is 0 Å². The van der Waals surface area contributed by atoms with Crippen LogP contribution in [0, 0.1) is 11.8 Å². The second kappa shape index (κ2) is 9.22. The third kappa shape index (κ3) is 5.34. The summed E-state index contributed by atoms with van der Waals surface area (Å²) in [5.74, 6) is 1.17. The van der Waals surface area contributed by atoms with E-state index in [1.54, 1.807) is 24.3 Å². The highest BCUT2D eigenvalue weighted by Gasteiger charge is 2.27. The quantitative estimate of drug-likeness (QED) is 0.735. The van der Waals surface area contributed by atoms with Gasteiger partial charge in [-0.2, -0.15) is 8.42 Å². The number of piperidine rings is 1. The van der Waals surface area contributed by atoms with Crippen molar-refractivity contribution < 1.29 is 13.2 Å². The number of carbonyl (C=O) groups excluding carboxylic acids is 1. The van der Waals surface area contributed by atoms with Crippen molar-refractivity contribution in [2.24, 2.45) is 16.2 Å². The Kier molecular flexibility index (Phi) is 6.41. The van der Waals surface area contributed by atoms with E-state index in [9.17, 15) is 13.2 Å². The molecule has 31 heavy (non-hydrogen) atoms. The van der Waals surface area contributed by atoms with E-state index in [1.807, 2.05) is 17.9 Å². The molecule has 0 radical (unpaired) electrons. The largest absolute Gasteiger partial charge is 0.343 e. The first-order valence-electron chi connectivity index (χ1n) is 10.9. The van der Waals surface area contributed by atoms with Crippen LogP contribution in [0.15, 0.2) is 63.9 Å². The molecule has 1 N–H and O–H groups in total. The maximum Gasteiger partial charge on any atom is 0.286 e. The molecule has 2 aromatic carbocycles. The van der Waals surface area contributed by atoms with Crippen LogP contribution in [0.5, 0.6) is 0 Å². The minimum Gasteiger partial charge on any atom is -0.343 e. The molecule has 0 spiro atoms. The van der Waals surface area contributed by atoms with Crippen molar-refractivity contribution in [2.75, 3.05) is 18.4 Å². The molecule has 1 fully saturated rings. The first-order valence-corrected chi connectivity index (χ1v) is 12.4. The summed E-state index contributed by atoms with van der Waals surface area (Å²) < 4.78 is 28.7. The number of likely N-dealkylation sites (tertiary alicyclic amines) is 1. The molecule has 1 atom stereocenters. The Labute approximate surface area is 184 Å². The van der Waals surface area contributed by atoms with Crippen molar-refractivity contribution in [3.8, 4) is 0 Å². The highest BCUT2D eigenvalue weighted by atomic mass is 32.2. The molecular formula is C24H29N3O3S. The van der Waals surface area contributed by atoms with Gasteiger partial charge in [-0.15, -0.1) is 4.40 Å². The molecule has 2 aliphatic heterocycles. The standard InChI is InChI=1S/C24H29N3O3S/c1-18(15-23-25-21-9-5-6-10-22(21)31(29,30)26-23)16-24(28)27-13-11-20(12-14-27)17-19-7-3-2-4-8-19/h2-10,18,20H,11-17H2,1H3,(H,25,26)/t18-/m0/s1. The average Bonchev–Trinajstić information content (AvgIpc) is 2.74. The average molecular weight is 440 g/mol. The Balaban J connectivity index is 1.27. The number of amidine groups is 1. The van der Waals surface area contributed by atoms with Crippen molar-refractivity contribution in [1.82, 2.24) is 4.90 Å². The summed E-state index contributed by atoms with van der Waals surface area (Å²) in [6, 6.07) is 17.3. The lowest BCUT2D eigenvalue weighted by atomic mass is 9.90. The van der Waals surface area contributed by atoms with Gasteiger partial charge in [-0.1, -0.05) is 49.4 Å². The van der Waals surface area contributed by atoms with E-state index in [2.05, 4.69) is 34.0 Å². The first-order chi connectivity index (χ1) is 14.9. The highest BCUT2D eigenvalue weighted by Crippen LogP contribution is 2.28. The number of nitrogens with zero attached hydrogens (tertiary/aromatic N) is 2. The Morgan fingerprint density at radius 1 is 1.10 bits per heavy atom. The zero-order chi connectivity index (χ0) is 21.8. The number of carbonyl (C=O) groups is 1. The van der Waals surface area contributed by atoms with Crippen molar-refractivity contribution >= 4 is 27.5 Å². The maximum absolute atomic E-state index is 12.8. The van der Waals surface area contributed by atoms with Gasteiger partial charge in [0, 0.05) is 25.9 Å². The van der Waals surface area contributed by atoms with Gasteiger partial charge < -0.3 is 10.2 Å². The number of benzene rings is 2. The molecule has 1 amide bonds. The molecular weight excluding hydrogens is 410 g/mol. The third-order valence-electron chi connectivity index (χ3n) is 6.07. The minimum atomic E-state index is -3.69. The van der Waals surface area contributed by atoms with E-state index >= 15 is 0 Å². The monoisotopic (exact) mass is 439 g/mol. The predicted octanol–water partition coefficient (Wildman–Crippen LogP) is 4.10. The van der Waals surface area contributed by atoms with Crippen LogP contribution < -0.4 is 5.32 Å². The number of para-hydroxylation sites is 1. The molecule has 7 heteroatoms. The van der Waals surface area contributed by atoms with Crippen molar-refractivity contribution in [1.29, 1.82) is 0 Å². The van der Waals surface area contributed by atoms with Crippen LogP contribution in [0.3, 0.4) is 0 Å². The lowest BCUT2D eigenvalue weighted by Gasteiger charge is -2.33. The van der Waals surface area contributed by atoms with E-state index in [4.69, 9.17) is 0 Å². The number of amides is 1. The zero-order valence-electron chi connectivity index (χ0n) is 17.8. The zero-order valence-corrected chi connectivity index (χ0v) is 18.6. The Hall–Kier alpha value is -2.67. The molecule has 2 aliphatic rings. The molecule has 0 aromatic heterocycles. The minimum absolute atomic E-state index is 0.00116. The SMILES string of the molecule is C[C@H](CC(=O)N1CCC(Cc2ccccc2)CC1)CC1=NS(=O)(=O)c2ccccc2N1. The van der Waals surface area contributed by atoms with Crippen LogP contribution in [0.4, 0.5) is 5.69 Å². The number of nitrogens with one attached hydrogen (secondary N) is 1. The van der Waals surface area contributed by atoms with Gasteiger partial charge in [-0.3, -0.25) is 4.79 Å². The Morgan fingerprint density at radius 2 is 1.77 bits per heavy atom. The van der Waals surface area contributed by atoms with Gasteiger partial charge in [-0.25, -0.2) is 0 Å². The van der Waals surface area contributed by atoms with Gasteiger partial charge >= 0.3 is 0 Å². The molecule has 0 unspecified atom stereocenters. The van der Waals surface area contributed by atoms with Crippen LogP contribution in [0.1, 0.15) is 38.2 Å². The highest BCUT2D eigenvalue weighted by molar-refractivity contribution is 7.90. The summed E-state index contributed by atoms with van der Waals surface area (Å²) in [6.07, 6.45) is 3.94. The number of hydrogen-bond donors (Lipinski definition) is 1. The van der Waals surface area contributed by atoms with E-state index in [1.165, 1.54) is 5.56 Å². The summed E-state index contributed by atoms with van der Waals surface area (Å²) >= 11 is 0. The molecule has 6 nitrogen and oxygen atoms in total. The smallest absolute Gasteiger partial charge is 0.286 e. The Morgan fingerprint density at radius 3 is 2.52 bits per heavy atom. The number of fused-ring (bicyclic) bond motifs is 1. The van der Waals surface area contributed by atoms with E-state index in [0.29, 0.717) is 30.3 Å². The molecule has 0 aliphatic carbocycles. The lowest BCUT2D eigenvalue weighted by molar-refractivity contribution is -0.133. The van der Waals surface area contributed by atoms with E-state index in [0.717, 1.165) is 32.4 Å². The van der Waals surface area contributed by atoms with Crippen LogP contribution in [-0.2, 0) is 21.2 Å². The van der Waals surface area contributed by atoms with E-state index < -0.39 is 10.0 Å². The molecule has 0 saturated carbocycles. The first kappa shape index (κ1) is 21.6.